The Balaban J connectivity index is 1.28. The third-order valence-corrected chi connectivity index (χ3v) is 6.74. The first kappa shape index (κ1) is 25.5. The first-order chi connectivity index (χ1) is 17.6. The van der Waals surface area contributed by atoms with Crippen LogP contribution in [-0.2, 0) is 24.2 Å². The van der Waals surface area contributed by atoms with Gasteiger partial charge in [-0.1, -0.05) is 68.4 Å². The first-order valence-electron chi connectivity index (χ1n) is 13.1. The molecule has 0 radical (unpaired) electrons. The van der Waals surface area contributed by atoms with Crippen molar-refractivity contribution in [2.75, 3.05) is 13.2 Å². The van der Waals surface area contributed by atoms with Gasteiger partial charge in [-0.15, -0.1) is 0 Å². The second-order valence-electron chi connectivity index (χ2n) is 9.33. The number of nitrogens with zero attached hydrogens (tertiary/aromatic N) is 2. The molecule has 3 aromatic carbocycles. The fourth-order valence-corrected chi connectivity index (χ4v) is 4.41. The van der Waals surface area contributed by atoms with Crippen LogP contribution < -0.4 is 10.1 Å². The Morgan fingerprint density at radius 2 is 1.72 bits per heavy atom. The van der Waals surface area contributed by atoms with Crippen molar-refractivity contribution in [3.05, 3.63) is 95.8 Å². The smallest absolute Gasteiger partial charge is 0.220 e. The van der Waals surface area contributed by atoms with Crippen LogP contribution in [0.25, 0.3) is 11.0 Å². The predicted octanol–water partition coefficient (Wildman–Crippen LogP) is 6.31. The number of carbonyl (C=O) groups is 1. The summed E-state index contributed by atoms with van der Waals surface area (Å²) in [5.41, 5.74) is 4.65. The summed E-state index contributed by atoms with van der Waals surface area (Å²) in [7, 11) is 0. The van der Waals surface area contributed by atoms with Gasteiger partial charge in [-0.3, -0.25) is 4.79 Å². The number of hydrogen-bond donors (Lipinski definition) is 1. The number of para-hydroxylation sites is 2. The Hall–Kier alpha value is -3.60. The Labute approximate surface area is 214 Å². The molecule has 5 nitrogen and oxygen atoms in total. The Morgan fingerprint density at radius 1 is 0.972 bits per heavy atom. The van der Waals surface area contributed by atoms with Gasteiger partial charge in [0, 0.05) is 25.9 Å². The summed E-state index contributed by atoms with van der Waals surface area (Å²) in [6.07, 6.45) is 3.97. The summed E-state index contributed by atoms with van der Waals surface area (Å²) in [6.45, 7) is 6.51. The first-order valence-corrected chi connectivity index (χ1v) is 13.1. The van der Waals surface area contributed by atoms with Crippen molar-refractivity contribution in [2.24, 2.45) is 0 Å². The molecule has 0 saturated carbocycles. The summed E-state index contributed by atoms with van der Waals surface area (Å²) < 4.78 is 8.27. The quantitative estimate of drug-likeness (QED) is 0.227. The van der Waals surface area contributed by atoms with Crippen molar-refractivity contribution in [3.8, 4) is 5.75 Å². The molecular weight excluding hydrogens is 446 g/mol. The van der Waals surface area contributed by atoms with E-state index < -0.39 is 0 Å². The zero-order chi connectivity index (χ0) is 25.2. The van der Waals surface area contributed by atoms with E-state index in [-0.39, 0.29) is 5.91 Å². The second-order valence-corrected chi connectivity index (χ2v) is 9.33. The molecular formula is C31H37N3O2. The molecule has 1 heterocycles. The van der Waals surface area contributed by atoms with Gasteiger partial charge in [0.05, 0.1) is 17.6 Å². The largest absolute Gasteiger partial charge is 0.494 e. The molecule has 188 valence electrons. The molecule has 0 aliphatic carbocycles. The number of aryl methyl sites for hydroxylation is 2. The van der Waals surface area contributed by atoms with Crippen LogP contribution in [0.1, 0.15) is 56.0 Å². The van der Waals surface area contributed by atoms with Gasteiger partial charge in [-0.2, -0.15) is 0 Å². The molecule has 4 aromatic rings. The molecule has 0 aliphatic heterocycles. The molecule has 1 unspecified atom stereocenters. The average Bonchev–Trinajstić information content (AvgIpc) is 3.27. The fraction of sp³-hybridized carbons (Fsp3) is 0.355. The SMILES string of the molecule is CCC(C)c1ccc(OCCCn2c(CCNC(=O)CCc3ccccc3)nc3ccccc32)cc1. The minimum Gasteiger partial charge on any atom is -0.494 e. The maximum absolute atomic E-state index is 12.3. The normalized spacial score (nSPS) is 11.9. The lowest BCUT2D eigenvalue weighted by Crippen LogP contribution is -2.26. The number of aromatic nitrogens is 2. The number of rotatable bonds is 13. The van der Waals surface area contributed by atoms with Gasteiger partial charge in [0.1, 0.15) is 11.6 Å². The molecule has 5 heteroatoms. The van der Waals surface area contributed by atoms with Crippen LogP contribution >= 0.6 is 0 Å². The van der Waals surface area contributed by atoms with Crippen LogP contribution in [0, 0.1) is 0 Å². The van der Waals surface area contributed by atoms with Crippen LogP contribution in [0.2, 0.25) is 0 Å². The van der Waals surface area contributed by atoms with Crippen molar-refractivity contribution in [3.63, 3.8) is 0 Å². The zero-order valence-corrected chi connectivity index (χ0v) is 21.5. The van der Waals surface area contributed by atoms with E-state index in [1.807, 2.05) is 36.4 Å². The molecule has 0 saturated heterocycles. The zero-order valence-electron chi connectivity index (χ0n) is 21.5. The fourth-order valence-electron chi connectivity index (χ4n) is 4.41. The summed E-state index contributed by atoms with van der Waals surface area (Å²) in [5, 5.41) is 3.06. The number of amides is 1. The van der Waals surface area contributed by atoms with Gasteiger partial charge in [-0.05, 0) is 60.6 Å². The van der Waals surface area contributed by atoms with E-state index in [2.05, 4.69) is 66.2 Å². The molecule has 36 heavy (non-hydrogen) atoms. The van der Waals surface area contributed by atoms with E-state index in [0.29, 0.717) is 31.9 Å². The molecule has 0 bridgehead atoms. The van der Waals surface area contributed by atoms with E-state index in [1.54, 1.807) is 0 Å². The molecule has 0 spiro atoms. The van der Waals surface area contributed by atoms with Crippen molar-refractivity contribution < 1.29 is 9.53 Å². The highest BCUT2D eigenvalue weighted by atomic mass is 16.5. The van der Waals surface area contributed by atoms with Gasteiger partial charge < -0.3 is 14.6 Å². The molecule has 1 amide bonds. The predicted molar refractivity (Wildman–Crippen MR) is 146 cm³/mol. The maximum atomic E-state index is 12.3. The topological polar surface area (TPSA) is 56.1 Å². The van der Waals surface area contributed by atoms with Crippen LogP contribution in [0.3, 0.4) is 0 Å². The van der Waals surface area contributed by atoms with E-state index in [4.69, 9.17) is 9.72 Å². The van der Waals surface area contributed by atoms with E-state index >= 15 is 0 Å². The highest BCUT2D eigenvalue weighted by molar-refractivity contribution is 5.77. The van der Waals surface area contributed by atoms with Crippen LogP contribution in [-0.4, -0.2) is 28.6 Å². The van der Waals surface area contributed by atoms with Crippen molar-refractivity contribution in [1.29, 1.82) is 0 Å². The lowest BCUT2D eigenvalue weighted by atomic mass is 9.99. The average molecular weight is 484 g/mol. The monoisotopic (exact) mass is 483 g/mol. The summed E-state index contributed by atoms with van der Waals surface area (Å²) in [5.74, 6) is 2.56. The Kier molecular flexibility index (Phi) is 9.15. The van der Waals surface area contributed by atoms with Crippen molar-refractivity contribution >= 4 is 16.9 Å². The molecule has 0 aliphatic rings. The number of fused-ring (bicyclic) bond motifs is 1. The van der Waals surface area contributed by atoms with Gasteiger partial charge in [0.15, 0.2) is 0 Å². The standard InChI is InChI=1S/C31H37N3O2/c1-3-24(2)26-15-17-27(18-16-26)36-23-9-22-34-29-13-8-7-12-28(29)33-30(34)20-21-32-31(35)19-14-25-10-5-4-6-11-25/h4-8,10-13,15-18,24H,3,9,14,19-23H2,1-2H3,(H,32,35). The minimum atomic E-state index is 0.0780. The highest BCUT2D eigenvalue weighted by Crippen LogP contribution is 2.22. The third kappa shape index (κ3) is 6.97. The number of imidazole rings is 1. The maximum Gasteiger partial charge on any atom is 0.220 e. The van der Waals surface area contributed by atoms with Crippen molar-refractivity contribution in [1.82, 2.24) is 14.9 Å². The number of nitrogens with one attached hydrogen (secondary N) is 1. The summed E-state index contributed by atoms with van der Waals surface area (Å²) in [4.78, 5) is 17.2. The third-order valence-electron chi connectivity index (χ3n) is 6.74. The van der Waals surface area contributed by atoms with Gasteiger partial charge in [0.25, 0.3) is 0 Å². The number of carbonyl (C=O) groups excluding carboxylic acids is 1. The van der Waals surface area contributed by atoms with E-state index in [0.717, 1.165) is 48.4 Å². The lowest BCUT2D eigenvalue weighted by molar-refractivity contribution is -0.121. The summed E-state index contributed by atoms with van der Waals surface area (Å²) >= 11 is 0. The summed E-state index contributed by atoms with van der Waals surface area (Å²) in [6, 6.07) is 26.8. The van der Waals surface area contributed by atoms with Crippen LogP contribution in [0.5, 0.6) is 5.75 Å². The Morgan fingerprint density at radius 3 is 2.50 bits per heavy atom. The van der Waals surface area contributed by atoms with Crippen LogP contribution in [0.4, 0.5) is 0 Å². The number of ether oxygens (including phenoxy) is 1. The molecule has 1 atom stereocenters. The number of benzene rings is 3. The highest BCUT2D eigenvalue weighted by Gasteiger charge is 2.11. The molecule has 0 fully saturated rings. The minimum absolute atomic E-state index is 0.0780. The van der Waals surface area contributed by atoms with Crippen LogP contribution in [0.15, 0.2) is 78.9 Å². The lowest BCUT2D eigenvalue weighted by Gasteiger charge is -2.12. The van der Waals surface area contributed by atoms with Crippen molar-refractivity contribution in [2.45, 2.75) is 58.4 Å². The Bertz CT molecular complexity index is 1230. The molecule has 1 aromatic heterocycles. The van der Waals surface area contributed by atoms with E-state index in [1.165, 1.54) is 11.1 Å². The van der Waals surface area contributed by atoms with Gasteiger partial charge in [-0.25, -0.2) is 4.98 Å². The molecule has 1 N–H and O–H groups in total. The second kappa shape index (κ2) is 12.9. The molecule has 4 rings (SSSR count). The van der Waals surface area contributed by atoms with Gasteiger partial charge >= 0.3 is 0 Å². The van der Waals surface area contributed by atoms with E-state index in [9.17, 15) is 4.79 Å². The number of hydrogen-bond acceptors (Lipinski definition) is 3. The van der Waals surface area contributed by atoms with Gasteiger partial charge in [0.2, 0.25) is 5.91 Å².